The van der Waals surface area contributed by atoms with Crippen LogP contribution >= 0.6 is 0 Å². The highest BCUT2D eigenvalue weighted by Crippen LogP contribution is 2.41. The van der Waals surface area contributed by atoms with Crippen molar-refractivity contribution in [1.82, 2.24) is 4.90 Å². The normalized spacial score (nSPS) is 50.1. The Bertz CT molecular complexity index is 1290. The second kappa shape index (κ2) is 17.7. The SMILES string of the molecule is [2H]C([2H])([2H])O[C@]1(C)C[C@@H](C)C(=O)[C@H](C)[C@@H](O)[C@](C)(O)[C@@H](CC)OC(=O)[C@H](C)[C@@H](OC2CC(C)(OC)C(O)C(C)O2)[C@H](C)[C@H]1OC1OC(C)CC(N(C)C)C1O. The lowest BCUT2D eigenvalue weighted by Gasteiger charge is -2.50. The van der Waals surface area contributed by atoms with Crippen molar-refractivity contribution in [2.24, 2.45) is 23.7 Å². The first-order valence-electron chi connectivity index (χ1n) is 20.2. The van der Waals surface area contributed by atoms with Crippen molar-refractivity contribution in [1.29, 1.82) is 0 Å². The van der Waals surface area contributed by atoms with Crippen molar-refractivity contribution in [2.45, 2.75) is 179 Å². The fourth-order valence-electron chi connectivity index (χ4n) is 8.49. The summed E-state index contributed by atoms with van der Waals surface area (Å²) in [6.45, 7) is 15.9. The number of likely N-dealkylation sites (N-methyl/N-ethyl adjacent to an activating group) is 1. The zero-order chi connectivity index (χ0) is 42.2. The number of methoxy groups -OCH3 is 2. The van der Waals surface area contributed by atoms with Gasteiger partial charge < -0.3 is 58.5 Å². The maximum Gasteiger partial charge on any atom is 0.311 e. The van der Waals surface area contributed by atoms with Crippen molar-refractivity contribution in [2.75, 3.05) is 28.2 Å². The van der Waals surface area contributed by atoms with E-state index in [-0.39, 0.29) is 25.4 Å². The van der Waals surface area contributed by atoms with Crippen molar-refractivity contribution in [3.05, 3.63) is 0 Å². The molecule has 14 heteroatoms. The van der Waals surface area contributed by atoms with Crippen LogP contribution in [0.4, 0.5) is 0 Å². The van der Waals surface area contributed by atoms with Crippen LogP contribution in [0.15, 0.2) is 0 Å². The number of esters is 1. The van der Waals surface area contributed by atoms with Gasteiger partial charge in [0.2, 0.25) is 0 Å². The first kappa shape index (κ1) is 40.4. The lowest BCUT2D eigenvalue weighted by atomic mass is 9.74. The van der Waals surface area contributed by atoms with E-state index in [1.807, 2.05) is 25.9 Å². The van der Waals surface area contributed by atoms with E-state index in [4.69, 9.17) is 37.3 Å². The maximum atomic E-state index is 14.2. The van der Waals surface area contributed by atoms with Gasteiger partial charge in [-0.05, 0) is 74.9 Å². The maximum absolute atomic E-state index is 14.2. The van der Waals surface area contributed by atoms with Gasteiger partial charge in [0, 0.05) is 44.4 Å². The van der Waals surface area contributed by atoms with E-state index in [0.717, 1.165) is 0 Å². The first-order valence-corrected chi connectivity index (χ1v) is 18.7. The molecule has 3 heterocycles. The lowest BCUT2D eigenvalue weighted by Crippen LogP contribution is -2.61. The predicted octanol–water partition coefficient (Wildman–Crippen LogP) is 2.44. The van der Waals surface area contributed by atoms with E-state index >= 15 is 0 Å². The molecule has 18 atom stereocenters. The van der Waals surface area contributed by atoms with Gasteiger partial charge in [-0.3, -0.25) is 9.59 Å². The molecule has 0 aromatic carbocycles. The fraction of sp³-hybridized carbons (Fsp3) is 0.947. The number of carbonyl (C=O) groups excluding carboxylic acids is 2. The molecule has 0 aromatic heterocycles. The molecule has 0 aromatic rings. The Hall–Kier alpha value is -1.30. The molecule has 8 unspecified atom stereocenters. The molecule has 0 spiro atoms. The number of aliphatic hydroxyl groups excluding tert-OH is 3. The number of hydrogen-bond acceptors (Lipinski definition) is 14. The average molecular weight is 751 g/mol. The Labute approximate surface area is 314 Å². The van der Waals surface area contributed by atoms with Gasteiger partial charge in [0.1, 0.15) is 29.7 Å². The van der Waals surface area contributed by atoms with Crippen LogP contribution in [0.2, 0.25) is 0 Å². The number of Topliss-reactive ketones (excluding diaryl/α,β-unsaturated/α-hetero) is 1. The molecule has 4 N–H and O–H groups in total. The molecule has 52 heavy (non-hydrogen) atoms. The quantitative estimate of drug-likeness (QED) is 0.266. The predicted molar refractivity (Wildman–Crippen MR) is 191 cm³/mol. The highest BCUT2D eigenvalue weighted by Gasteiger charge is 2.54. The van der Waals surface area contributed by atoms with E-state index < -0.39 is 121 Å². The molecule has 3 fully saturated rings. The molecule has 0 saturated carbocycles. The van der Waals surface area contributed by atoms with Crippen molar-refractivity contribution in [3.8, 4) is 0 Å². The summed E-state index contributed by atoms with van der Waals surface area (Å²) in [7, 11) is 2.05. The van der Waals surface area contributed by atoms with Gasteiger partial charge in [-0.1, -0.05) is 27.7 Å². The van der Waals surface area contributed by atoms with Gasteiger partial charge in [-0.15, -0.1) is 0 Å². The van der Waals surface area contributed by atoms with Gasteiger partial charge in [-0.2, -0.15) is 0 Å². The van der Waals surface area contributed by atoms with Crippen LogP contribution in [-0.2, 0) is 42.7 Å². The van der Waals surface area contributed by atoms with Crippen LogP contribution in [0.5, 0.6) is 0 Å². The second-order valence-corrected chi connectivity index (χ2v) is 16.5. The molecule has 14 nitrogen and oxygen atoms in total. The minimum Gasteiger partial charge on any atom is -0.459 e. The van der Waals surface area contributed by atoms with Crippen LogP contribution < -0.4 is 0 Å². The highest BCUT2D eigenvalue weighted by molar-refractivity contribution is 5.83. The summed E-state index contributed by atoms with van der Waals surface area (Å²) >= 11 is 0. The van der Waals surface area contributed by atoms with E-state index in [1.54, 1.807) is 41.5 Å². The average Bonchev–Trinajstić information content (AvgIpc) is 3.08. The summed E-state index contributed by atoms with van der Waals surface area (Å²) < 4.78 is 68.0. The standard InChI is InChI=1S/C38H69NO13/c1-15-26-38(10,45)31(42)21(4)28(40)19(2)17-37(9,47-14)33(52-35-29(41)25(39(11)12)16-20(3)48-35)22(5)30(23(6)34(44)50-26)51-27-18-36(8,46-13)32(43)24(7)49-27/h19-27,29-33,35,41-43,45H,15-18H2,1-14H3/t19-,20?,21+,22+,23-,24?,25?,26-,27?,29?,30+,31-,32?,33-,35?,36?,37-,38-/m1/s1/i14D3. The van der Waals surface area contributed by atoms with Crippen molar-refractivity contribution < 1.29 is 67.3 Å². The molecule has 3 rings (SSSR count). The third-order valence-corrected chi connectivity index (χ3v) is 12.0. The highest BCUT2D eigenvalue weighted by atomic mass is 16.7. The van der Waals surface area contributed by atoms with Gasteiger partial charge in [0.05, 0.1) is 51.8 Å². The molecule has 3 aliphatic rings. The summed E-state index contributed by atoms with van der Waals surface area (Å²) in [5.41, 5.74) is -5.05. The number of carbonyl (C=O) groups is 2. The first-order chi connectivity index (χ1) is 25.1. The molecule has 3 saturated heterocycles. The summed E-state index contributed by atoms with van der Waals surface area (Å²) in [5, 5.41) is 45.7. The number of nitrogens with zero attached hydrogens (tertiary/aromatic N) is 1. The number of cyclic esters (lactones) is 1. The Morgan fingerprint density at radius 1 is 0.904 bits per heavy atom. The molecule has 3 aliphatic heterocycles. The van der Waals surface area contributed by atoms with Gasteiger partial charge in [-0.25, -0.2) is 0 Å². The summed E-state index contributed by atoms with van der Waals surface area (Å²) in [5.74, 6) is -5.63. The van der Waals surface area contributed by atoms with Crippen LogP contribution in [-0.4, -0.2) is 150 Å². The zero-order valence-corrected chi connectivity index (χ0v) is 33.4. The van der Waals surface area contributed by atoms with Crippen LogP contribution in [0.3, 0.4) is 0 Å². The monoisotopic (exact) mass is 750 g/mol. The number of rotatable bonds is 8. The Kier molecular flexibility index (Phi) is 13.7. The fourth-order valence-corrected chi connectivity index (χ4v) is 8.49. The van der Waals surface area contributed by atoms with Crippen LogP contribution in [0.1, 0.15) is 99.0 Å². The van der Waals surface area contributed by atoms with Gasteiger partial charge in [0.25, 0.3) is 0 Å². The molecular formula is C38H69NO13. The number of ether oxygens (including phenoxy) is 7. The lowest BCUT2D eigenvalue weighted by molar-refractivity contribution is -0.319. The summed E-state index contributed by atoms with van der Waals surface area (Å²) in [6, 6.07) is -0.407. The smallest absolute Gasteiger partial charge is 0.311 e. The number of hydrogen-bond donors (Lipinski definition) is 4. The van der Waals surface area contributed by atoms with Gasteiger partial charge in [0.15, 0.2) is 12.6 Å². The minimum atomic E-state index is -3.03. The minimum absolute atomic E-state index is 0.0307. The van der Waals surface area contributed by atoms with Crippen molar-refractivity contribution in [3.63, 3.8) is 0 Å². The molecular weight excluding hydrogens is 678 g/mol. The summed E-state index contributed by atoms with van der Waals surface area (Å²) in [6.07, 6.45) is -10.9. The van der Waals surface area contributed by atoms with E-state index in [9.17, 15) is 30.0 Å². The van der Waals surface area contributed by atoms with E-state index in [0.29, 0.717) is 6.42 Å². The topological polar surface area (TPSA) is 183 Å². The third-order valence-electron chi connectivity index (χ3n) is 12.0. The van der Waals surface area contributed by atoms with Crippen LogP contribution in [0.25, 0.3) is 0 Å². The second-order valence-electron chi connectivity index (χ2n) is 16.5. The Morgan fingerprint density at radius 2 is 1.54 bits per heavy atom. The van der Waals surface area contributed by atoms with Crippen molar-refractivity contribution >= 4 is 11.8 Å². The Morgan fingerprint density at radius 3 is 2.10 bits per heavy atom. The number of aliphatic hydroxyl groups is 4. The molecule has 304 valence electrons. The Balaban J connectivity index is 2.31. The third kappa shape index (κ3) is 9.38. The molecule has 0 radical (unpaired) electrons. The molecule has 0 bridgehead atoms. The molecule has 0 aliphatic carbocycles. The van der Waals surface area contributed by atoms with Crippen LogP contribution in [0, 0.1) is 23.7 Å². The molecule has 0 amide bonds. The van der Waals surface area contributed by atoms with Gasteiger partial charge >= 0.3 is 5.97 Å². The van der Waals surface area contributed by atoms with E-state index in [1.165, 1.54) is 27.9 Å². The van der Waals surface area contributed by atoms with E-state index in [2.05, 4.69) is 0 Å². The largest absolute Gasteiger partial charge is 0.459 e. The zero-order valence-electron chi connectivity index (χ0n) is 36.4. The number of ketones is 1. The summed E-state index contributed by atoms with van der Waals surface area (Å²) in [4.78, 5) is 30.2.